The van der Waals surface area contributed by atoms with Crippen molar-refractivity contribution < 1.29 is 10.0 Å². The van der Waals surface area contributed by atoms with E-state index in [0.717, 1.165) is 6.20 Å². The molecule has 1 heterocycles. The molecule has 0 saturated heterocycles. The number of aliphatic hydroxyl groups excluding tert-OH is 1. The van der Waals surface area contributed by atoms with Crippen LogP contribution in [0.3, 0.4) is 0 Å². The molecule has 0 aliphatic carbocycles. The first-order valence-electron chi connectivity index (χ1n) is 4.02. The molecule has 0 bridgehead atoms. The molecule has 0 amide bonds. The van der Waals surface area contributed by atoms with Crippen LogP contribution in [0, 0.1) is 10.1 Å². The topological polar surface area (TPSA) is 118 Å². The molecule has 0 aromatic carbocycles. The minimum atomic E-state index is -0.878. The fraction of sp³-hybridized carbons (Fsp3) is 0.571. The van der Waals surface area contributed by atoms with Gasteiger partial charge in [-0.25, -0.2) is 0 Å². The zero-order chi connectivity index (χ0) is 10.8. The quantitative estimate of drug-likeness (QED) is 0.450. The summed E-state index contributed by atoms with van der Waals surface area (Å²) in [6.07, 6.45) is 1.31. The zero-order valence-corrected chi connectivity index (χ0v) is 7.73. The zero-order valence-electron chi connectivity index (χ0n) is 7.73. The van der Waals surface area contributed by atoms with Gasteiger partial charge in [-0.15, -0.1) is 0 Å². The maximum absolute atomic E-state index is 10.5. The van der Waals surface area contributed by atoms with Crippen LogP contribution in [-0.2, 0) is 6.42 Å². The first-order chi connectivity index (χ1) is 6.46. The minimum absolute atomic E-state index is 0.102. The molecule has 0 saturated carbocycles. The van der Waals surface area contributed by atoms with Crippen LogP contribution in [0.5, 0.6) is 0 Å². The molecule has 14 heavy (non-hydrogen) atoms. The van der Waals surface area contributed by atoms with Crippen LogP contribution in [0.2, 0.25) is 0 Å². The van der Waals surface area contributed by atoms with Crippen LogP contribution in [-0.4, -0.2) is 32.4 Å². The van der Waals surface area contributed by atoms with Crippen molar-refractivity contribution in [3.8, 4) is 0 Å². The molecule has 4 N–H and O–H groups in total. The second-order valence-electron chi connectivity index (χ2n) is 3.48. The molecule has 1 aromatic heterocycles. The third kappa shape index (κ3) is 2.27. The summed E-state index contributed by atoms with van der Waals surface area (Å²) < 4.78 is 0. The van der Waals surface area contributed by atoms with E-state index in [2.05, 4.69) is 10.2 Å². The van der Waals surface area contributed by atoms with E-state index in [-0.39, 0.29) is 18.7 Å². The van der Waals surface area contributed by atoms with Gasteiger partial charge in [-0.05, 0) is 6.92 Å². The lowest BCUT2D eigenvalue weighted by atomic mass is 9.98. The SMILES string of the molecule is CC(N)(CO)Cc1[nH]ncc1[N+](=O)[O-]. The molecular weight excluding hydrogens is 188 g/mol. The largest absolute Gasteiger partial charge is 0.394 e. The van der Waals surface area contributed by atoms with Gasteiger partial charge < -0.3 is 10.8 Å². The normalized spacial score (nSPS) is 15.1. The number of H-pyrrole nitrogens is 1. The lowest BCUT2D eigenvalue weighted by molar-refractivity contribution is -0.385. The predicted molar refractivity (Wildman–Crippen MR) is 48.6 cm³/mol. The van der Waals surface area contributed by atoms with Crippen LogP contribution in [0.15, 0.2) is 6.20 Å². The van der Waals surface area contributed by atoms with Crippen LogP contribution < -0.4 is 5.73 Å². The Morgan fingerprint density at radius 2 is 2.50 bits per heavy atom. The number of nitrogens with two attached hydrogens (primary N) is 1. The van der Waals surface area contributed by atoms with Gasteiger partial charge in [0.25, 0.3) is 0 Å². The molecule has 0 aliphatic rings. The van der Waals surface area contributed by atoms with E-state index in [0.29, 0.717) is 5.69 Å². The van der Waals surface area contributed by atoms with Crippen molar-refractivity contribution in [3.05, 3.63) is 22.0 Å². The molecule has 7 heteroatoms. The van der Waals surface area contributed by atoms with E-state index in [1.165, 1.54) is 0 Å². The first kappa shape index (κ1) is 10.6. The molecule has 1 unspecified atom stereocenters. The van der Waals surface area contributed by atoms with Gasteiger partial charge in [-0.2, -0.15) is 5.10 Å². The summed E-state index contributed by atoms with van der Waals surface area (Å²) in [5, 5.41) is 25.4. The van der Waals surface area contributed by atoms with Gasteiger partial charge in [-0.1, -0.05) is 0 Å². The van der Waals surface area contributed by atoms with E-state index in [1.807, 2.05) is 0 Å². The van der Waals surface area contributed by atoms with Crippen molar-refractivity contribution in [2.24, 2.45) is 5.73 Å². The van der Waals surface area contributed by atoms with Gasteiger partial charge >= 0.3 is 5.69 Å². The third-order valence-electron chi connectivity index (χ3n) is 1.83. The maximum atomic E-state index is 10.5. The fourth-order valence-electron chi connectivity index (χ4n) is 1.05. The van der Waals surface area contributed by atoms with Crippen LogP contribution in [0.25, 0.3) is 0 Å². The van der Waals surface area contributed by atoms with Crippen molar-refractivity contribution in [2.45, 2.75) is 18.9 Å². The van der Waals surface area contributed by atoms with E-state index in [4.69, 9.17) is 10.8 Å². The molecule has 1 rings (SSSR count). The smallest absolute Gasteiger partial charge is 0.309 e. The van der Waals surface area contributed by atoms with Gasteiger partial charge in [0.1, 0.15) is 11.9 Å². The summed E-state index contributed by atoms with van der Waals surface area (Å²) in [5.74, 6) is 0. The van der Waals surface area contributed by atoms with Crippen molar-refractivity contribution in [2.75, 3.05) is 6.61 Å². The monoisotopic (exact) mass is 200 g/mol. The van der Waals surface area contributed by atoms with Crippen molar-refractivity contribution in [3.63, 3.8) is 0 Å². The van der Waals surface area contributed by atoms with Crippen molar-refractivity contribution >= 4 is 5.69 Å². The van der Waals surface area contributed by atoms with Crippen LogP contribution in [0.4, 0.5) is 5.69 Å². The van der Waals surface area contributed by atoms with E-state index < -0.39 is 10.5 Å². The fourth-order valence-corrected chi connectivity index (χ4v) is 1.05. The van der Waals surface area contributed by atoms with Crippen LogP contribution in [0.1, 0.15) is 12.6 Å². The Morgan fingerprint density at radius 1 is 1.86 bits per heavy atom. The van der Waals surface area contributed by atoms with E-state index in [9.17, 15) is 10.1 Å². The number of aliphatic hydroxyl groups is 1. The molecule has 0 aliphatic heterocycles. The summed E-state index contributed by atoms with van der Waals surface area (Å²) in [4.78, 5) is 9.96. The summed E-state index contributed by atoms with van der Waals surface area (Å²) in [6, 6.07) is 0. The van der Waals surface area contributed by atoms with Crippen molar-refractivity contribution in [1.82, 2.24) is 10.2 Å². The number of hydrogen-bond acceptors (Lipinski definition) is 5. The Labute approximate surface area is 80.1 Å². The van der Waals surface area contributed by atoms with E-state index in [1.54, 1.807) is 6.92 Å². The lowest BCUT2D eigenvalue weighted by Crippen LogP contribution is -2.42. The molecule has 0 spiro atoms. The Kier molecular flexibility index (Phi) is 2.82. The standard InChI is InChI=1S/C7H12N4O3/c1-7(8,4-12)2-5-6(11(13)14)3-9-10-5/h3,12H,2,4,8H2,1H3,(H,9,10). The van der Waals surface area contributed by atoms with Gasteiger partial charge in [0, 0.05) is 12.0 Å². The van der Waals surface area contributed by atoms with Gasteiger partial charge in [0.15, 0.2) is 0 Å². The minimum Gasteiger partial charge on any atom is -0.394 e. The molecule has 1 aromatic rings. The third-order valence-corrected chi connectivity index (χ3v) is 1.83. The molecule has 7 nitrogen and oxygen atoms in total. The van der Waals surface area contributed by atoms with Gasteiger partial charge in [0.2, 0.25) is 0 Å². The Bertz CT molecular complexity index is 333. The Balaban J connectivity index is 2.86. The molecular formula is C7H12N4O3. The molecule has 78 valence electrons. The number of nitrogens with one attached hydrogen (secondary N) is 1. The first-order valence-corrected chi connectivity index (χ1v) is 4.02. The number of aromatic nitrogens is 2. The number of aromatic amines is 1. The highest BCUT2D eigenvalue weighted by Crippen LogP contribution is 2.18. The predicted octanol–water partition coefficient (Wildman–Crippen LogP) is -0.430. The average molecular weight is 200 g/mol. The highest BCUT2D eigenvalue weighted by molar-refractivity contribution is 5.33. The average Bonchev–Trinajstić information content (AvgIpc) is 2.51. The highest BCUT2D eigenvalue weighted by atomic mass is 16.6. The highest BCUT2D eigenvalue weighted by Gasteiger charge is 2.25. The second kappa shape index (κ2) is 3.72. The molecule has 0 radical (unpaired) electrons. The molecule has 1 atom stereocenters. The van der Waals surface area contributed by atoms with E-state index >= 15 is 0 Å². The Morgan fingerprint density at radius 3 is 3.00 bits per heavy atom. The van der Waals surface area contributed by atoms with Gasteiger partial charge in [0.05, 0.1) is 11.5 Å². The number of nitro groups is 1. The number of hydrogen-bond donors (Lipinski definition) is 3. The summed E-state index contributed by atoms with van der Waals surface area (Å²) in [7, 11) is 0. The maximum Gasteiger partial charge on any atom is 0.309 e. The van der Waals surface area contributed by atoms with Gasteiger partial charge in [-0.3, -0.25) is 15.2 Å². The van der Waals surface area contributed by atoms with Crippen LogP contribution >= 0.6 is 0 Å². The Hall–Kier alpha value is -1.47. The summed E-state index contributed by atoms with van der Waals surface area (Å²) in [6.45, 7) is 1.36. The second-order valence-corrected chi connectivity index (χ2v) is 3.48. The molecule has 0 fully saturated rings. The van der Waals surface area contributed by atoms with Crippen molar-refractivity contribution in [1.29, 1.82) is 0 Å². The summed E-state index contributed by atoms with van der Waals surface area (Å²) >= 11 is 0. The number of rotatable bonds is 4. The summed E-state index contributed by atoms with van der Waals surface area (Å²) in [5.41, 5.74) is 5.00. The number of nitrogens with zero attached hydrogens (tertiary/aromatic N) is 2. The lowest BCUT2D eigenvalue weighted by Gasteiger charge is -2.19.